The van der Waals surface area contributed by atoms with Crippen LogP contribution < -0.4 is 19.7 Å². The molecule has 3 unspecified atom stereocenters. The van der Waals surface area contributed by atoms with Crippen LogP contribution in [0.2, 0.25) is 0 Å². The molecule has 4 N–H and O–H groups in total. The average Bonchev–Trinajstić information content (AvgIpc) is 3.65. The van der Waals surface area contributed by atoms with E-state index in [0.29, 0.717) is 43.6 Å². The Kier molecular flexibility index (Phi) is 13.0. The zero-order valence-corrected chi connectivity index (χ0v) is 30.2. The zero-order chi connectivity index (χ0) is 37.3. The fourth-order valence-corrected chi connectivity index (χ4v) is 6.99. The van der Waals surface area contributed by atoms with E-state index in [4.69, 9.17) is 28.0 Å². The summed E-state index contributed by atoms with van der Waals surface area (Å²) in [6.07, 6.45) is 1.75. The van der Waals surface area contributed by atoms with Crippen LogP contribution in [0.1, 0.15) is 32.9 Å². The van der Waals surface area contributed by atoms with Gasteiger partial charge in [-0.2, -0.15) is 15.1 Å². The van der Waals surface area contributed by atoms with E-state index in [-0.39, 0.29) is 29.8 Å². The monoisotopic (exact) mass is 740 g/mol. The maximum Gasteiger partial charge on any atom is 0.459 e. The molecule has 0 spiro atoms. The number of anilines is 1. The van der Waals surface area contributed by atoms with Crippen LogP contribution in [0.15, 0.2) is 74.1 Å². The first-order valence-electron chi connectivity index (χ1n) is 16.8. The van der Waals surface area contributed by atoms with Gasteiger partial charge in [-0.3, -0.25) is 13.9 Å². The third-order valence-electron chi connectivity index (χ3n) is 8.18. The molecule has 1 saturated heterocycles. The lowest BCUT2D eigenvalue weighted by atomic mass is 9.96. The standard InChI is InChI=1S/C35H45N6O10P/c1-6-8-19-47-31-28-30(38-34(36-5)39-31)41(22-37-28)33-35(4,44)29(42)27(50-33)21-49-52(45,40-23(3)32(43)48-20-12-18-46-17-7-2)51-26-16-11-14-24-13-9-10-15-25(24)26/h6-7,9-11,13-16,22-23,27,29,33,42,44H,1-2,8,12,17-21H2,3-5H3,(H,40,45)(H,36,38,39)/t23-,27?,29+,33?,35+,52?/m0/s1. The number of hydrogen-bond acceptors (Lipinski definition) is 14. The van der Waals surface area contributed by atoms with Gasteiger partial charge >= 0.3 is 13.7 Å². The minimum Gasteiger partial charge on any atom is -0.476 e. The van der Waals surface area contributed by atoms with Gasteiger partial charge < -0.3 is 39.0 Å². The number of ether oxygens (including phenoxy) is 4. The Morgan fingerprint density at radius 3 is 2.71 bits per heavy atom. The predicted octanol–water partition coefficient (Wildman–Crippen LogP) is 4.30. The van der Waals surface area contributed by atoms with Gasteiger partial charge in [-0.25, -0.2) is 9.55 Å². The maximum atomic E-state index is 14.5. The van der Waals surface area contributed by atoms with Crippen LogP contribution in [0, 0.1) is 0 Å². The highest BCUT2D eigenvalue weighted by atomic mass is 31.2. The van der Waals surface area contributed by atoms with E-state index < -0.39 is 50.4 Å². The lowest BCUT2D eigenvalue weighted by Gasteiger charge is -2.27. The molecule has 0 saturated carbocycles. The van der Waals surface area contributed by atoms with Gasteiger partial charge in [0.1, 0.15) is 29.6 Å². The van der Waals surface area contributed by atoms with Crippen molar-refractivity contribution in [2.24, 2.45) is 0 Å². The smallest absolute Gasteiger partial charge is 0.459 e. The zero-order valence-electron chi connectivity index (χ0n) is 29.3. The number of rotatable bonds is 20. The highest BCUT2D eigenvalue weighted by Crippen LogP contribution is 2.48. The minimum atomic E-state index is -4.41. The summed E-state index contributed by atoms with van der Waals surface area (Å²) in [6.45, 7) is 10.7. The molecule has 4 aromatic rings. The molecule has 0 aliphatic carbocycles. The molecule has 6 atom stereocenters. The van der Waals surface area contributed by atoms with E-state index in [9.17, 15) is 19.6 Å². The van der Waals surface area contributed by atoms with Gasteiger partial charge in [-0.05, 0) is 31.7 Å². The third kappa shape index (κ3) is 8.96. The number of aliphatic hydroxyl groups excluding tert-OH is 1. The van der Waals surface area contributed by atoms with E-state index >= 15 is 0 Å². The van der Waals surface area contributed by atoms with Crippen LogP contribution in [-0.4, -0.2) is 99.6 Å². The number of benzene rings is 2. The first-order valence-corrected chi connectivity index (χ1v) is 18.3. The molecule has 16 nitrogen and oxygen atoms in total. The van der Waals surface area contributed by atoms with Crippen LogP contribution >= 0.6 is 7.75 Å². The van der Waals surface area contributed by atoms with Crippen molar-refractivity contribution in [2.75, 3.05) is 45.4 Å². The molecule has 0 bridgehead atoms. The molecule has 52 heavy (non-hydrogen) atoms. The molecule has 0 radical (unpaired) electrons. The van der Waals surface area contributed by atoms with Gasteiger partial charge in [0.05, 0.1) is 39.4 Å². The number of carbonyl (C=O) groups excluding carboxylic acids is 1. The molecule has 2 aromatic heterocycles. The summed E-state index contributed by atoms with van der Waals surface area (Å²) in [6, 6.07) is 11.4. The molecule has 5 rings (SSSR count). The van der Waals surface area contributed by atoms with Crippen LogP contribution in [0.3, 0.4) is 0 Å². The number of nitrogens with one attached hydrogen (secondary N) is 2. The number of carbonyl (C=O) groups is 1. The molecule has 1 fully saturated rings. The first-order chi connectivity index (χ1) is 25.0. The summed E-state index contributed by atoms with van der Waals surface area (Å²) in [5.74, 6) is -0.0360. The molecular weight excluding hydrogens is 695 g/mol. The Morgan fingerprint density at radius 1 is 1.15 bits per heavy atom. The second-order valence-electron chi connectivity index (χ2n) is 12.1. The van der Waals surface area contributed by atoms with Crippen LogP contribution in [-0.2, 0) is 28.1 Å². The number of aromatic nitrogens is 4. The molecule has 1 aliphatic heterocycles. The topological polar surface area (TPSA) is 198 Å². The summed E-state index contributed by atoms with van der Waals surface area (Å²) >= 11 is 0. The lowest BCUT2D eigenvalue weighted by molar-refractivity contribution is -0.145. The highest BCUT2D eigenvalue weighted by Gasteiger charge is 2.54. The van der Waals surface area contributed by atoms with Gasteiger partial charge in [-0.1, -0.05) is 48.6 Å². The average molecular weight is 741 g/mol. The first kappa shape index (κ1) is 38.8. The molecule has 280 valence electrons. The van der Waals surface area contributed by atoms with Crippen molar-refractivity contribution in [2.45, 2.75) is 56.8 Å². The fourth-order valence-electron chi connectivity index (χ4n) is 5.47. The second kappa shape index (κ2) is 17.4. The summed E-state index contributed by atoms with van der Waals surface area (Å²) < 4.78 is 50.4. The van der Waals surface area contributed by atoms with Crippen molar-refractivity contribution < 1.29 is 47.6 Å². The summed E-state index contributed by atoms with van der Waals surface area (Å²) in [4.78, 5) is 26.1. The highest BCUT2D eigenvalue weighted by molar-refractivity contribution is 7.52. The third-order valence-corrected chi connectivity index (χ3v) is 9.81. The summed E-state index contributed by atoms with van der Waals surface area (Å²) in [7, 11) is -2.77. The van der Waals surface area contributed by atoms with Gasteiger partial charge in [0.25, 0.3) is 0 Å². The van der Waals surface area contributed by atoms with Crippen LogP contribution in [0.25, 0.3) is 21.9 Å². The molecule has 0 amide bonds. The molecule has 2 aromatic carbocycles. The molecule has 3 heterocycles. The summed E-state index contributed by atoms with van der Waals surface area (Å²) in [5.41, 5.74) is -1.34. The lowest BCUT2D eigenvalue weighted by Crippen LogP contribution is -2.44. The normalized spacial score (nSPS) is 21.8. The predicted molar refractivity (Wildman–Crippen MR) is 193 cm³/mol. The van der Waals surface area contributed by atoms with Crippen molar-refractivity contribution in [3.05, 3.63) is 74.1 Å². The van der Waals surface area contributed by atoms with E-state index in [1.54, 1.807) is 43.5 Å². The number of esters is 1. The number of nitrogens with zero attached hydrogens (tertiary/aromatic N) is 4. The SMILES string of the molecule is C=CCCOc1nc(NC)nc2c1ncn2C1OC(COP(=O)(N[C@@H](C)C(=O)OCCCOCC=C)Oc2cccc3ccccc23)[C@@H](O)[C@@]1(C)O. The molecule has 1 aliphatic rings. The van der Waals surface area contributed by atoms with Gasteiger partial charge in [0, 0.05) is 18.9 Å². The summed E-state index contributed by atoms with van der Waals surface area (Å²) in [5, 5.41) is 29.9. The van der Waals surface area contributed by atoms with E-state index in [0.717, 1.165) is 5.39 Å². The quantitative estimate of drug-likeness (QED) is 0.0433. The van der Waals surface area contributed by atoms with Crippen LogP contribution in [0.5, 0.6) is 11.6 Å². The van der Waals surface area contributed by atoms with Crippen molar-refractivity contribution in [3.63, 3.8) is 0 Å². The van der Waals surface area contributed by atoms with Crippen molar-refractivity contribution in [1.29, 1.82) is 0 Å². The minimum absolute atomic E-state index is 0.0714. The molecular formula is C35H45N6O10P. The van der Waals surface area contributed by atoms with E-state index in [1.807, 2.05) is 18.2 Å². The number of hydrogen-bond donors (Lipinski definition) is 4. The maximum absolute atomic E-state index is 14.5. The Balaban J connectivity index is 1.36. The number of aliphatic hydroxyl groups is 2. The number of imidazole rings is 1. The van der Waals surface area contributed by atoms with Crippen molar-refractivity contribution in [1.82, 2.24) is 24.6 Å². The van der Waals surface area contributed by atoms with Crippen molar-refractivity contribution >= 4 is 41.6 Å². The van der Waals surface area contributed by atoms with Crippen LogP contribution in [0.4, 0.5) is 5.95 Å². The Labute approximate surface area is 301 Å². The Bertz CT molecular complexity index is 1900. The Morgan fingerprint density at radius 2 is 1.94 bits per heavy atom. The van der Waals surface area contributed by atoms with Crippen molar-refractivity contribution in [3.8, 4) is 11.6 Å². The second-order valence-corrected chi connectivity index (χ2v) is 13.8. The largest absolute Gasteiger partial charge is 0.476 e. The van der Waals surface area contributed by atoms with Gasteiger partial charge in [0.2, 0.25) is 11.8 Å². The van der Waals surface area contributed by atoms with E-state index in [1.165, 1.54) is 24.7 Å². The Hall–Kier alpha value is -4.41. The van der Waals surface area contributed by atoms with E-state index in [2.05, 4.69) is 38.5 Å². The molecule has 17 heteroatoms. The number of fused-ring (bicyclic) bond motifs is 2. The van der Waals surface area contributed by atoms with Gasteiger partial charge in [-0.15, -0.1) is 13.2 Å². The van der Waals surface area contributed by atoms with Gasteiger partial charge in [0.15, 0.2) is 17.4 Å². The fraction of sp³-hybridized carbons (Fsp3) is 0.429.